The van der Waals surface area contributed by atoms with Gasteiger partial charge in [-0.05, 0) is 0 Å². The number of hydrogen-bond donors (Lipinski definition) is 2. The minimum absolute atomic E-state index is 0. The molecule has 5 heteroatoms. The van der Waals surface area contributed by atoms with Gasteiger partial charge < -0.3 is 13.1 Å². The van der Waals surface area contributed by atoms with Gasteiger partial charge in [-0.1, -0.05) is 0 Å². The van der Waals surface area contributed by atoms with Crippen LogP contribution >= 0.6 is 0 Å². The van der Waals surface area contributed by atoms with Gasteiger partial charge >= 0.3 is 43.9 Å². The third-order valence-corrected chi connectivity index (χ3v) is 0. The van der Waals surface area contributed by atoms with Gasteiger partial charge in [0.15, 0.2) is 0 Å². The van der Waals surface area contributed by atoms with E-state index in [1.807, 2.05) is 0 Å². The first-order valence-corrected chi connectivity index (χ1v) is 0.651. The molecule has 0 aromatic carbocycles. The van der Waals surface area contributed by atoms with Crippen molar-refractivity contribution in [2.75, 3.05) is 0 Å². The third kappa shape index (κ3) is 76.4. The molecule has 0 aliphatic heterocycles. The molecule has 0 atom stereocenters. The van der Waals surface area contributed by atoms with Crippen molar-refractivity contribution in [1.29, 1.82) is 0 Å². The van der Waals surface area contributed by atoms with Crippen LogP contribution < -0.4 is 0 Å². The van der Waals surface area contributed by atoms with Crippen molar-refractivity contribution >= 4 is 43.9 Å². The van der Waals surface area contributed by atoms with Crippen molar-refractivity contribution in [1.82, 2.24) is 0 Å². The summed E-state index contributed by atoms with van der Waals surface area (Å²) < 4.78 is 0. The maximum Gasteiger partial charge on any atom is 2.00 e. The fourth-order valence-electron chi connectivity index (χ4n) is 0. The Morgan fingerprint density at radius 1 is 1.50 bits per heavy atom. The van der Waals surface area contributed by atoms with E-state index >= 15 is 0 Å². The Kier molecular flexibility index (Phi) is 24.6. The maximum absolute atomic E-state index is 8.56. The molecule has 1 radical (unpaired) electrons. The first kappa shape index (κ1) is 15.7. The predicted molar refractivity (Wildman–Crippen MR) is 18.6 cm³/mol. The quantitative estimate of drug-likeness (QED) is 0.496. The number of carbonyl (C=O) groups is 1. The first-order chi connectivity index (χ1) is 1.73. The molecular weight excluding hydrogens is 159 g/mol. The zero-order valence-corrected chi connectivity index (χ0v) is 6.09. The van der Waals surface area contributed by atoms with Crippen molar-refractivity contribution in [2.45, 2.75) is 0 Å². The van der Waals surface area contributed by atoms with E-state index < -0.39 is 6.16 Å². The zero-order valence-electron chi connectivity index (χ0n) is 4.84. The van der Waals surface area contributed by atoms with Crippen molar-refractivity contribution in [2.24, 2.45) is 0 Å². The van der Waals surface area contributed by atoms with Gasteiger partial charge in [0.05, 0.1) is 0 Å². The smallest absolute Gasteiger partial charge is 1.00 e. The largest absolute Gasteiger partial charge is 2.00 e. The molecule has 2 N–H and O–H groups in total. The van der Waals surface area contributed by atoms with E-state index in [9.17, 15) is 0 Å². The molecule has 0 fully saturated rings. The summed E-state index contributed by atoms with van der Waals surface area (Å²) >= 11 is 0. The van der Waals surface area contributed by atoms with E-state index in [-0.39, 0.29) is 57.4 Å². The van der Waals surface area contributed by atoms with Crippen molar-refractivity contribution in [3.63, 3.8) is 0 Å². The fourth-order valence-corrected chi connectivity index (χ4v) is 0. The van der Waals surface area contributed by atoms with E-state index in [2.05, 4.69) is 0 Å². The van der Waals surface area contributed by atoms with Gasteiger partial charge in [-0.2, -0.15) is 0 Å². The Labute approximate surface area is 77.9 Å². The summed E-state index contributed by atoms with van der Waals surface area (Å²) in [6.07, 6.45) is -1.83. The minimum Gasteiger partial charge on any atom is -1.00 e. The molecule has 0 heterocycles. The Bertz CT molecular complexity index is 40.3. The normalized spacial score (nSPS) is 4.00. The minimum atomic E-state index is -1.83. The molecule has 3 nitrogen and oxygen atoms in total. The van der Waals surface area contributed by atoms with Gasteiger partial charge in [-0.15, -0.1) is 0 Å². The Morgan fingerprint density at radius 2 is 1.50 bits per heavy atom. The molecular formula is CH4CaCoO3. The van der Waals surface area contributed by atoms with Crippen LogP contribution in [-0.4, -0.2) is 54.1 Å². The standard InChI is InChI=1S/CH2O3.Ca.Co.2H/c2-1(3)4;;;;/h(H2,2,3,4);;;;/q;+2;;2*-1. The van der Waals surface area contributed by atoms with Crippen LogP contribution in [0.15, 0.2) is 0 Å². The van der Waals surface area contributed by atoms with Gasteiger partial charge in [0, 0.05) is 16.8 Å². The first-order valence-electron chi connectivity index (χ1n) is 0.651. The van der Waals surface area contributed by atoms with Crippen LogP contribution in [0.2, 0.25) is 0 Å². The summed E-state index contributed by atoms with van der Waals surface area (Å²) in [7, 11) is 0. The number of carboxylic acid groups (broad SMARTS) is 2. The Balaban J connectivity index is -0.00000000750. The molecule has 0 spiro atoms. The number of hydrogen-bond acceptors (Lipinski definition) is 1. The van der Waals surface area contributed by atoms with Crippen molar-refractivity contribution in [3.05, 3.63) is 0 Å². The molecule has 0 aliphatic rings. The maximum atomic E-state index is 8.56. The SMILES string of the molecule is O=C(O)O.[Ca+2].[Co].[H-].[H-]. The van der Waals surface area contributed by atoms with E-state index in [0.717, 1.165) is 0 Å². The van der Waals surface area contributed by atoms with Crippen LogP contribution in [0.4, 0.5) is 4.79 Å². The van der Waals surface area contributed by atoms with E-state index in [1.54, 1.807) is 0 Å². The summed E-state index contributed by atoms with van der Waals surface area (Å²) in [6.45, 7) is 0. The van der Waals surface area contributed by atoms with Crippen LogP contribution in [0.3, 0.4) is 0 Å². The second-order valence-electron chi connectivity index (χ2n) is 0.283. The topological polar surface area (TPSA) is 57.5 Å². The molecule has 0 aromatic heterocycles. The molecule has 0 aliphatic carbocycles. The van der Waals surface area contributed by atoms with Gasteiger partial charge in [-0.25, -0.2) is 4.79 Å². The summed E-state index contributed by atoms with van der Waals surface area (Å²) in [4.78, 5) is 8.56. The van der Waals surface area contributed by atoms with Crippen molar-refractivity contribution in [3.8, 4) is 0 Å². The molecule has 0 saturated heterocycles. The van der Waals surface area contributed by atoms with E-state index in [1.165, 1.54) is 0 Å². The monoisotopic (exact) mass is 163 g/mol. The van der Waals surface area contributed by atoms with Gasteiger partial charge in [0.1, 0.15) is 0 Å². The zero-order chi connectivity index (χ0) is 3.58. The van der Waals surface area contributed by atoms with Crippen LogP contribution in [0.5, 0.6) is 0 Å². The summed E-state index contributed by atoms with van der Waals surface area (Å²) in [5, 5.41) is 13.9. The van der Waals surface area contributed by atoms with E-state index in [0.29, 0.717) is 0 Å². The number of rotatable bonds is 0. The Hall–Kier alpha value is 1.04. The molecule has 0 amide bonds. The average Bonchev–Trinajstić information content (AvgIpc) is 0.811. The molecule has 0 unspecified atom stereocenters. The van der Waals surface area contributed by atoms with Crippen molar-refractivity contribution < 1.29 is 34.6 Å². The predicted octanol–water partition coefficient (Wildman–Crippen LogP) is 0.0641. The second kappa shape index (κ2) is 9.40. The van der Waals surface area contributed by atoms with Gasteiger partial charge in [-0.3, -0.25) is 0 Å². The fraction of sp³-hybridized carbons (Fsp3) is 0. The average molecular weight is 163 g/mol. The molecule has 6 heavy (non-hydrogen) atoms. The molecule has 37 valence electrons. The summed E-state index contributed by atoms with van der Waals surface area (Å²) in [6, 6.07) is 0. The molecule has 0 bridgehead atoms. The van der Waals surface area contributed by atoms with Crippen LogP contribution in [0.25, 0.3) is 0 Å². The van der Waals surface area contributed by atoms with E-state index in [4.69, 9.17) is 15.0 Å². The third-order valence-electron chi connectivity index (χ3n) is 0. The summed E-state index contributed by atoms with van der Waals surface area (Å²) in [5.74, 6) is 0. The molecule has 0 aromatic rings. The van der Waals surface area contributed by atoms with Crippen LogP contribution in [0, 0.1) is 0 Å². The second-order valence-corrected chi connectivity index (χ2v) is 0.283. The van der Waals surface area contributed by atoms with Gasteiger partial charge in [0.25, 0.3) is 0 Å². The van der Waals surface area contributed by atoms with Gasteiger partial charge in [0.2, 0.25) is 0 Å². The summed E-state index contributed by atoms with van der Waals surface area (Å²) in [5.41, 5.74) is 0. The van der Waals surface area contributed by atoms with Crippen LogP contribution in [-0.2, 0) is 16.8 Å². The Morgan fingerprint density at radius 3 is 1.50 bits per heavy atom. The molecule has 0 saturated carbocycles. The van der Waals surface area contributed by atoms with Crippen LogP contribution in [0.1, 0.15) is 2.85 Å². The molecule has 0 rings (SSSR count).